The molecule has 0 radical (unpaired) electrons. The molecule has 0 aliphatic heterocycles. The number of hydrogen-bond donors (Lipinski definition) is 1. The van der Waals surface area contributed by atoms with Crippen molar-refractivity contribution in [2.24, 2.45) is 0 Å². The van der Waals surface area contributed by atoms with Gasteiger partial charge in [-0.2, -0.15) is 12.6 Å². The Labute approximate surface area is 79.2 Å². The molecule has 0 atom stereocenters. The molecule has 0 saturated carbocycles. The second-order valence-corrected chi connectivity index (χ2v) is 4.41. The number of ether oxygens (including phenoxy) is 1. The normalized spacial score (nSPS) is 11.3. The van der Waals surface area contributed by atoms with Crippen LogP contribution in [0.15, 0.2) is 24.3 Å². The molecule has 1 rings (SSSR count). The molecule has 1 aromatic carbocycles. The van der Waals surface area contributed by atoms with Crippen molar-refractivity contribution in [2.75, 3.05) is 7.11 Å². The Kier molecular flexibility index (Phi) is 2.68. The summed E-state index contributed by atoms with van der Waals surface area (Å²) >= 11 is 4.47. The van der Waals surface area contributed by atoms with Gasteiger partial charge in [0.25, 0.3) is 0 Å². The lowest BCUT2D eigenvalue weighted by molar-refractivity contribution is 0.414. The Morgan fingerprint density at radius 3 is 2.50 bits per heavy atom. The second-order valence-electron chi connectivity index (χ2n) is 3.29. The van der Waals surface area contributed by atoms with Crippen LogP contribution in [0, 0.1) is 0 Å². The average Bonchev–Trinajstić information content (AvgIpc) is 2.03. The lowest BCUT2D eigenvalue weighted by atomic mass is 10.0. The van der Waals surface area contributed by atoms with E-state index in [1.165, 1.54) is 5.56 Å². The van der Waals surface area contributed by atoms with Crippen LogP contribution in [0.4, 0.5) is 0 Å². The van der Waals surface area contributed by atoms with Crippen molar-refractivity contribution in [3.8, 4) is 5.75 Å². The molecule has 0 spiro atoms. The van der Waals surface area contributed by atoms with Crippen LogP contribution < -0.4 is 4.74 Å². The van der Waals surface area contributed by atoms with Crippen LogP contribution in [0.25, 0.3) is 0 Å². The van der Waals surface area contributed by atoms with E-state index in [2.05, 4.69) is 32.5 Å². The zero-order valence-electron chi connectivity index (χ0n) is 7.66. The van der Waals surface area contributed by atoms with Gasteiger partial charge in [-0.15, -0.1) is 0 Å². The summed E-state index contributed by atoms with van der Waals surface area (Å²) in [5.74, 6) is 0.884. The molecule has 0 fully saturated rings. The van der Waals surface area contributed by atoms with Crippen molar-refractivity contribution in [1.29, 1.82) is 0 Å². The minimum Gasteiger partial charge on any atom is -0.497 e. The van der Waals surface area contributed by atoms with Crippen LogP contribution in [0.1, 0.15) is 19.4 Å². The molecule has 0 amide bonds. The predicted octanol–water partition coefficient (Wildman–Crippen LogP) is 2.86. The summed E-state index contributed by atoms with van der Waals surface area (Å²) < 4.78 is 5.01. The van der Waals surface area contributed by atoms with Crippen LogP contribution in [0.2, 0.25) is 0 Å². The summed E-state index contributed by atoms with van der Waals surface area (Å²) in [4.78, 5) is 0. The van der Waals surface area contributed by atoms with Crippen molar-refractivity contribution >= 4 is 12.6 Å². The molecular formula is C10H14OS. The Morgan fingerprint density at radius 1 is 1.33 bits per heavy atom. The van der Waals surface area contributed by atoms with Gasteiger partial charge >= 0.3 is 0 Å². The van der Waals surface area contributed by atoms with Crippen molar-refractivity contribution < 1.29 is 4.74 Å². The zero-order chi connectivity index (χ0) is 9.19. The van der Waals surface area contributed by atoms with Crippen LogP contribution in [0.3, 0.4) is 0 Å². The number of rotatable bonds is 2. The highest BCUT2D eigenvalue weighted by Crippen LogP contribution is 2.29. The fraction of sp³-hybridized carbons (Fsp3) is 0.400. The average molecular weight is 182 g/mol. The molecule has 66 valence electrons. The van der Waals surface area contributed by atoms with Gasteiger partial charge in [0.15, 0.2) is 0 Å². The number of methoxy groups -OCH3 is 1. The van der Waals surface area contributed by atoms with E-state index in [9.17, 15) is 0 Å². The van der Waals surface area contributed by atoms with Gasteiger partial charge in [-0.25, -0.2) is 0 Å². The summed E-state index contributed by atoms with van der Waals surface area (Å²) in [5.41, 5.74) is 1.17. The Bertz CT molecular complexity index is 263. The van der Waals surface area contributed by atoms with E-state index >= 15 is 0 Å². The first kappa shape index (κ1) is 9.46. The second kappa shape index (κ2) is 3.40. The fourth-order valence-corrected chi connectivity index (χ4v) is 1.14. The molecule has 1 nitrogen and oxygen atoms in total. The number of thiol groups is 1. The Morgan fingerprint density at radius 2 is 2.00 bits per heavy atom. The SMILES string of the molecule is COc1cccc(C(C)(C)S)c1. The summed E-state index contributed by atoms with van der Waals surface area (Å²) in [6.07, 6.45) is 0. The molecule has 0 heterocycles. The summed E-state index contributed by atoms with van der Waals surface area (Å²) in [5, 5.41) is 0. The molecular weight excluding hydrogens is 168 g/mol. The molecule has 2 heteroatoms. The van der Waals surface area contributed by atoms with Gasteiger partial charge in [0.1, 0.15) is 5.75 Å². The molecule has 1 aromatic rings. The Hall–Kier alpha value is -0.630. The van der Waals surface area contributed by atoms with E-state index in [-0.39, 0.29) is 4.75 Å². The zero-order valence-corrected chi connectivity index (χ0v) is 8.56. The largest absolute Gasteiger partial charge is 0.497 e. The smallest absolute Gasteiger partial charge is 0.119 e. The standard InChI is InChI=1S/C10H14OS/c1-10(2,12)8-5-4-6-9(7-8)11-3/h4-7,12H,1-3H3. The molecule has 0 saturated heterocycles. The van der Waals surface area contributed by atoms with E-state index in [4.69, 9.17) is 4.74 Å². The van der Waals surface area contributed by atoms with Gasteiger partial charge in [-0.3, -0.25) is 0 Å². The monoisotopic (exact) mass is 182 g/mol. The first-order valence-corrected chi connectivity index (χ1v) is 4.35. The van der Waals surface area contributed by atoms with E-state index in [0.717, 1.165) is 5.75 Å². The van der Waals surface area contributed by atoms with E-state index in [1.807, 2.05) is 18.2 Å². The summed E-state index contributed by atoms with van der Waals surface area (Å²) in [6.45, 7) is 4.12. The van der Waals surface area contributed by atoms with Crippen molar-refractivity contribution in [3.63, 3.8) is 0 Å². The number of benzene rings is 1. The van der Waals surface area contributed by atoms with Crippen LogP contribution in [-0.4, -0.2) is 7.11 Å². The van der Waals surface area contributed by atoms with Gasteiger partial charge in [-0.05, 0) is 31.5 Å². The highest BCUT2D eigenvalue weighted by Gasteiger charge is 2.14. The van der Waals surface area contributed by atoms with Crippen LogP contribution in [-0.2, 0) is 4.75 Å². The highest BCUT2D eigenvalue weighted by atomic mass is 32.1. The van der Waals surface area contributed by atoms with Gasteiger partial charge < -0.3 is 4.74 Å². The maximum Gasteiger partial charge on any atom is 0.119 e. The van der Waals surface area contributed by atoms with E-state index in [1.54, 1.807) is 7.11 Å². The van der Waals surface area contributed by atoms with E-state index in [0.29, 0.717) is 0 Å². The lowest BCUT2D eigenvalue weighted by Crippen LogP contribution is -2.07. The third kappa shape index (κ3) is 2.18. The van der Waals surface area contributed by atoms with Gasteiger partial charge in [0.05, 0.1) is 7.11 Å². The topological polar surface area (TPSA) is 9.23 Å². The van der Waals surface area contributed by atoms with Crippen molar-refractivity contribution in [3.05, 3.63) is 29.8 Å². The summed E-state index contributed by atoms with van der Waals surface area (Å²) in [6, 6.07) is 7.97. The molecule has 12 heavy (non-hydrogen) atoms. The van der Waals surface area contributed by atoms with Gasteiger partial charge in [0.2, 0.25) is 0 Å². The maximum atomic E-state index is 5.12. The molecule has 0 bridgehead atoms. The lowest BCUT2D eigenvalue weighted by Gasteiger charge is -2.18. The van der Waals surface area contributed by atoms with Gasteiger partial charge in [0, 0.05) is 4.75 Å². The van der Waals surface area contributed by atoms with Gasteiger partial charge in [-0.1, -0.05) is 12.1 Å². The molecule has 0 aliphatic carbocycles. The first-order valence-electron chi connectivity index (χ1n) is 3.91. The number of hydrogen-bond acceptors (Lipinski definition) is 2. The van der Waals surface area contributed by atoms with Crippen LogP contribution >= 0.6 is 12.6 Å². The predicted molar refractivity (Wildman–Crippen MR) is 55.0 cm³/mol. The molecule has 0 N–H and O–H groups in total. The highest BCUT2D eigenvalue weighted by molar-refractivity contribution is 7.81. The maximum absolute atomic E-state index is 5.12. The molecule has 0 aliphatic rings. The third-order valence-electron chi connectivity index (χ3n) is 1.78. The van der Waals surface area contributed by atoms with E-state index < -0.39 is 0 Å². The first-order chi connectivity index (χ1) is 5.54. The van der Waals surface area contributed by atoms with Crippen LogP contribution in [0.5, 0.6) is 5.75 Å². The molecule has 0 unspecified atom stereocenters. The minimum absolute atomic E-state index is 0.103. The van der Waals surface area contributed by atoms with Crippen molar-refractivity contribution in [1.82, 2.24) is 0 Å². The fourth-order valence-electron chi connectivity index (χ4n) is 1.00. The Balaban J connectivity index is 3.02. The molecule has 0 aromatic heterocycles. The third-order valence-corrected chi connectivity index (χ3v) is 2.03. The quantitative estimate of drug-likeness (QED) is 0.692. The summed E-state index contributed by atoms with van der Waals surface area (Å²) in [7, 11) is 1.67. The van der Waals surface area contributed by atoms with Crippen molar-refractivity contribution in [2.45, 2.75) is 18.6 Å². The minimum atomic E-state index is -0.103.